The van der Waals surface area contributed by atoms with Crippen molar-refractivity contribution in [3.05, 3.63) is 84.2 Å². The highest BCUT2D eigenvalue weighted by molar-refractivity contribution is 5.91. The van der Waals surface area contributed by atoms with Gasteiger partial charge in [0.1, 0.15) is 5.75 Å². The molecular weight excluding hydrogens is 364 g/mol. The summed E-state index contributed by atoms with van der Waals surface area (Å²) in [5.41, 5.74) is 2.55. The van der Waals surface area contributed by atoms with Crippen LogP contribution in [0.2, 0.25) is 0 Å². The Kier molecular flexibility index (Phi) is 6.16. The zero-order valence-electron chi connectivity index (χ0n) is 15.2. The Labute approximate surface area is 161 Å². The van der Waals surface area contributed by atoms with Crippen LogP contribution in [0.25, 0.3) is 11.8 Å². The number of carbonyl (C=O) groups excluding carboxylic acids is 1. The molecule has 0 aliphatic heterocycles. The van der Waals surface area contributed by atoms with Crippen molar-refractivity contribution in [1.82, 2.24) is 14.7 Å². The number of para-hydroxylation sites is 1. The van der Waals surface area contributed by atoms with E-state index in [4.69, 9.17) is 0 Å². The summed E-state index contributed by atoms with van der Waals surface area (Å²) in [5, 5.41) is 4.28. The summed E-state index contributed by atoms with van der Waals surface area (Å²) in [6.45, 7) is -2.51. The number of hydrogen-bond acceptors (Lipinski definition) is 3. The normalized spacial score (nSPS) is 11.1. The van der Waals surface area contributed by atoms with Gasteiger partial charge >= 0.3 is 6.61 Å². The van der Waals surface area contributed by atoms with E-state index >= 15 is 0 Å². The predicted molar refractivity (Wildman–Crippen MR) is 102 cm³/mol. The van der Waals surface area contributed by atoms with Gasteiger partial charge in [0, 0.05) is 31.4 Å². The van der Waals surface area contributed by atoms with E-state index in [9.17, 15) is 13.6 Å². The molecule has 0 aliphatic rings. The maximum absolute atomic E-state index is 12.3. The monoisotopic (exact) mass is 383 g/mol. The van der Waals surface area contributed by atoms with E-state index in [2.05, 4.69) is 9.84 Å². The molecule has 5 nitrogen and oxygen atoms in total. The third-order valence-electron chi connectivity index (χ3n) is 3.99. The minimum absolute atomic E-state index is 0.0862. The molecule has 3 aromatic rings. The fraction of sp³-hybridized carbons (Fsp3) is 0.143. The van der Waals surface area contributed by atoms with Crippen LogP contribution >= 0.6 is 0 Å². The van der Waals surface area contributed by atoms with Crippen LogP contribution < -0.4 is 4.74 Å². The van der Waals surface area contributed by atoms with Crippen LogP contribution in [0, 0.1) is 0 Å². The largest absolute Gasteiger partial charge is 0.435 e. The number of halogens is 2. The van der Waals surface area contributed by atoms with Gasteiger partial charge in [-0.25, -0.2) is 4.68 Å². The summed E-state index contributed by atoms with van der Waals surface area (Å²) in [5.74, 6) is -0.0941. The lowest BCUT2D eigenvalue weighted by molar-refractivity contribution is -0.125. The molecule has 7 heteroatoms. The fourth-order valence-corrected chi connectivity index (χ4v) is 2.57. The van der Waals surface area contributed by atoms with Crippen molar-refractivity contribution in [2.45, 2.75) is 13.2 Å². The number of aromatic nitrogens is 2. The first-order chi connectivity index (χ1) is 13.5. The van der Waals surface area contributed by atoms with E-state index in [1.807, 2.05) is 36.5 Å². The molecule has 0 N–H and O–H groups in total. The van der Waals surface area contributed by atoms with E-state index in [1.54, 1.807) is 36.1 Å². The summed E-state index contributed by atoms with van der Waals surface area (Å²) in [4.78, 5) is 13.8. The summed E-state index contributed by atoms with van der Waals surface area (Å²) < 4.78 is 30.4. The quantitative estimate of drug-likeness (QED) is 0.576. The van der Waals surface area contributed by atoms with Crippen LogP contribution in [0.1, 0.15) is 11.1 Å². The standard InChI is InChI=1S/C21H19F2N3O2/c1-25(14-16-7-10-19(11-8-16)28-21(22)23)20(27)12-9-17-13-24-26(15-17)18-5-3-2-4-6-18/h2-13,15,21H,14H2,1H3/b12-9+. The van der Waals surface area contributed by atoms with Crippen LogP contribution in [0.5, 0.6) is 5.75 Å². The van der Waals surface area contributed by atoms with E-state index in [-0.39, 0.29) is 11.7 Å². The van der Waals surface area contributed by atoms with Crippen molar-refractivity contribution in [2.75, 3.05) is 7.05 Å². The van der Waals surface area contributed by atoms with E-state index in [1.165, 1.54) is 23.1 Å². The van der Waals surface area contributed by atoms with Gasteiger partial charge in [0.25, 0.3) is 0 Å². The fourth-order valence-electron chi connectivity index (χ4n) is 2.57. The molecule has 28 heavy (non-hydrogen) atoms. The Hall–Kier alpha value is -3.48. The highest BCUT2D eigenvalue weighted by Crippen LogP contribution is 2.16. The average molecular weight is 383 g/mol. The van der Waals surface area contributed by atoms with Gasteiger partial charge in [-0.1, -0.05) is 30.3 Å². The van der Waals surface area contributed by atoms with Gasteiger partial charge < -0.3 is 9.64 Å². The Morgan fingerprint density at radius 2 is 1.89 bits per heavy atom. The lowest BCUT2D eigenvalue weighted by atomic mass is 10.2. The first-order valence-electron chi connectivity index (χ1n) is 8.58. The minimum Gasteiger partial charge on any atom is -0.435 e. The van der Waals surface area contributed by atoms with E-state index in [0.717, 1.165) is 16.8 Å². The highest BCUT2D eigenvalue weighted by atomic mass is 19.3. The van der Waals surface area contributed by atoms with Crippen LogP contribution in [-0.2, 0) is 11.3 Å². The molecule has 3 rings (SSSR count). The van der Waals surface area contributed by atoms with Gasteiger partial charge in [-0.2, -0.15) is 13.9 Å². The molecule has 0 unspecified atom stereocenters. The van der Waals surface area contributed by atoms with Gasteiger partial charge in [-0.05, 0) is 35.9 Å². The molecule has 0 saturated carbocycles. The second-order valence-electron chi connectivity index (χ2n) is 6.10. The molecule has 0 radical (unpaired) electrons. The molecule has 0 bridgehead atoms. The molecule has 2 aromatic carbocycles. The number of carbonyl (C=O) groups is 1. The lowest BCUT2D eigenvalue weighted by Crippen LogP contribution is -2.24. The van der Waals surface area contributed by atoms with Crippen LogP contribution in [0.4, 0.5) is 8.78 Å². The Balaban J connectivity index is 1.57. The number of likely N-dealkylation sites (N-methyl/N-ethyl adjacent to an activating group) is 1. The second-order valence-corrected chi connectivity index (χ2v) is 6.10. The maximum Gasteiger partial charge on any atom is 0.387 e. The maximum atomic E-state index is 12.3. The molecule has 0 spiro atoms. The predicted octanol–water partition coefficient (Wildman–Crippen LogP) is 4.15. The smallest absolute Gasteiger partial charge is 0.387 e. The van der Waals surface area contributed by atoms with Crippen molar-refractivity contribution in [2.24, 2.45) is 0 Å². The number of benzene rings is 2. The first-order valence-corrected chi connectivity index (χ1v) is 8.58. The molecule has 0 fully saturated rings. The van der Waals surface area contributed by atoms with E-state index in [0.29, 0.717) is 6.54 Å². The Bertz CT molecular complexity index is 938. The molecule has 1 aromatic heterocycles. The van der Waals surface area contributed by atoms with Gasteiger partial charge in [-0.15, -0.1) is 0 Å². The summed E-state index contributed by atoms with van der Waals surface area (Å²) >= 11 is 0. The van der Waals surface area contributed by atoms with E-state index < -0.39 is 6.61 Å². The molecule has 0 saturated heterocycles. The van der Waals surface area contributed by atoms with Crippen molar-refractivity contribution in [3.8, 4) is 11.4 Å². The lowest BCUT2D eigenvalue weighted by Gasteiger charge is -2.15. The molecule has 144 valence electrons. The summed E-state index contributed by atoms with van der Waals surface area (Å²) in [6, 6.07) is 15.9. The SMILES string of the molecule is CN(Cc1ccc(OC(F)F)cc1)C(=O)/C=C/c1cnn(-c2ccccc2)c1. The number of alkyl halides is 2. The zero-order chi connectivity index (χ0) is 19.9. The number of nitrogens with zero attached hydrogens (tertiary/aromatic N) is 3. The molecular formula is C21H19F2N3O2. The Morgan fingerprint density at radius 1 is 1.18 bits per heavy atom. The third-order valence-corrected chi connectivity index (χ3v) is 3.99. The summed E-state index contributed by atoms with van der Waals surface area (Å²) in [6.07, 6.45) is 6.69. The van der Waals surface area contributed by atoms with Crippen molar-refractivity contribution >= 4 is 12.0 Å². The van der Waals surface area contributed by atoms with Crippen molar-refractivity contribution < 1.29 is 18.3 Å². The van der Waals surface area contributed by atoms with Crippen LogP contribution in [0.15, 0.2) is 73.1 Å². The zero-order valence-corrected chi connectivity index (χ0v) is 15.2. The Morgan fingerprint density at radius 3 is 2.57 bits per heavy atom. The minimum atomic E-state index is -2.86. The van der Waals surface area contributed by atoms with Crippen LogP contribution in [-0.4, -0.2) is 34.2 Å². The number of ether oxygens (including phenoxy) is 1. The number of hydrogen-bond donors (Lipinski definition) is 0. The number of amides is 1. The molecule has 1 amide bonds. The first kappa shape index (κ1) is 19.3. The van der Waals surface area contributed by atoms with Crippen LogP contribution in [0.3, 0.4) is 0 Å². The molecule has 0 aliphatic carbocycles. The van der Waals surface area contributed by atoms with Gasteiger partial charge in [0.15, 0.2) is 0 Å². The third kappa shape index (κ3) is 5.26. The van der Waals surface area contributed by atoms with Gasteiger partial charge in [0.2, 0.25) is 5.91 Å². The number of rotatable bonds is 7. The highest BCUT2D eigenvalue weighted by Gasteiger charge is 2.08. The summed E-state index contributed by atoms with van der Waals surface area (Å²) in [7, 11) is 1.67. The average Bonchev–Trinajstić information content (AvgIpc) is 3.17. The molecule has 0 atom stereocenters. The second kappa shape index (κ2) is 8.94. The topological polar surface area (TPSA) is 47.4 Å². The van der Waals surface area contributed by atoms with Gasteiger partial charge in [0.05, 0.1) is 11.9 Å². The molecule has 1 heterocycles. The van der Waals surface area contributed by atoms with Crippen molar-refractivity contribution in [3.63, 3.8) is 0 Å². The van der Waals surface area contributed by atoms with Gasteiger partial charge in [-0.3, -0.25) is 4.79 Å². The van der Waals surface area contributed by atoms with Crippen molar-refractivity contribution in [1.29, 1.82) is 0 Å².